The number of carbonyl (C=O) groups is 4. The zero-order valence-corrected chi connectivity index (χ0v) is 22.6. The van der Waals surface area contributed by atoms with Gasteiger partial charge in [-0.2, -0.15) is 0 Å². The lowest BCUT2D eigenvalue weighted by atomic mass is 9.82. The van der Waals surface area contributed by atoms with Crippen molar-refractivity contribution in [2.24, 2.45) is 11.8 Å². The summed E-state index contributed by atoms with van der Waals surface area (Å²) in [4.78, 5) is 56.0. The van der Waals surface area contributed by atoms with Gasteiger partial charge >= 0.3 is 0 Å². The minimum atomic E-state index is -0.767. The fourth-order valence-electron chi connectivity index (χ4n) is 6.80. The minimum absolute atomic E-state index is 0.0414. The molecule has 3 saturated heterocycles. The fourth-order valence-corrected chi connectivity index (χ4v) is 6.80. The average Bonchev–Trinajstić information content (AvgIpc) is 3.72. The smallest absolute Gasteiger partial charge is 0.245 e. The number of aromatic hydroxyl groups is 1. The second kappa shape index (κ2) is 12.4. The van der Waals surface area contributed by atoms with Crippen LogP contribution in [0.1, 0.15) is 56.9 Å². The number of benzene rings is 1. The number of nitrogens with zero attached hydrogens (tertiary/aromatic N) is 2. The van der Waals surface area contributed by atoms with Crippen molar-refractivity contribution in [2.75, 3.05) is 32.7 Å². The molecule has 1 aliphatic carbocycles. The molecule has 3 heterocycles. The van der Waals surface area contributed by atoms with Crippen LogP contribution in [0.2, 0.25) is 0 Å². The largest absolute Gasteiger partial charge is 0.508 e. The third kappa shape index (κ3) is 6.54. The van der Waals surface area contributed by atoms with Crippen LogP contribution < -0.4 is 16.0 Å². The van der Waals surface area contributed by atoms with Crippen LogP contribution in [0.25, 0.3) is 0 Å². The first-order chi connectivity index (χ1) is 18.9. The highest BCUT2D eigenvalue weighted by molar-refractivity contribution is 5.93. The Morgan fingerprint density at radius 1 is 0.949 bits per heavy atom. The molecule has 3 aliphatic heterocycles. The Morgan fingerprint density at radius 3 is 2.33 bits per heavy atom. The van der Waals surface area contributed by atoms with Gasteiger partial charge in [0.1, 0.15) is 17.8 Å². The maximum absolute atomic E-state index is 13.6. The summed E-state index contributed by atoms with van der Waals surface area (Å²) in [7, 11) is 0. The van der Waals surface area contributed by atoms with E-state index in [0.29, 0.717) is 31.2 Å². The van der Waals surface area contributed by atoms with Gasteiger partial charge in [-0.25, -0.2) is 0 Å². The van der Waals surface area contributed by atoms with E-state index in [-0.39, 0.29) is 36.1 Å². The van der Waals surface area contributed by atoms with Gasteiger partial charge in [0.2, 0.25) is 23.6 Å². The van der Waals surface area contributed by atoms with Gasteiger partial charge in [-0.15, -0.1) is 0 Å². The number of phenolic OH excluding ortho intramolecular Hbond substituents is 1. The summed E-state index contributed by atoms with van der Waals surface area (Å²) in [6, 6.07) is 5.06. The first-order valence-electron chi connectivity index (χ1n) is 14.6. The van der Waals surface area contributed by atoms with Crippen molar-refractivity contribution < 1.29 is 24.3 Å². The van der Waals surface area contributed by atoms with Crippen LogP contribution in [0, 0.1) is 11.8 Å². The number of rotatable bonds is 8. The molecule has 5 rings (SSSR count). The van der Waals surface area contributed by atoms with Crippen LogP contribution in [0.15, 0.2) is 24.3 Å². The topological polar surface area (TPSA) is 131 Å². The molecule has 212 valence electrons. The highest BCUT2D eigenvalue weighted by Crippen LogP contribution is 2.36. The van der Waals surface area contributed by atoms with E-state index in [1.54, 1.807) is 29.2 Å². The molecule has 1 aromatic rings. The Morgan fingerprint density at radius 2 is 1.67 bits per heavy atom. The Labute approximate surface area is 229 Å². The van der Waals surface area contributed by atoms with E-state index in [4.69, 9.17) is 0 Å². The first kappa shape index (κ1) is 27.4. The van der Waals surface area contributed by atoms with Gasteiger partial charge in [0.25, 0.3) is 0 Å². The third-order valence-corrected chi connectivity index (χ3v) is 8.92. The molecule has 1 aromatic carbocycles. The molecule has 5 unspecified atom stereocenters. The summed E-state index contributed by atoms with van der Waals surface area (Å²) in [6.45, 7) is 2.54. The lowest BCUT2D eigenvalue weighted by Crippen LogP contribution is -2.54. The summed E-state index contributed by atoms with van der Waals surface area (Å²) in [6.07, 6.45) is 8.05. The fraction of sp³-hybridized carbons (Fsp3) is 0.655. The lowest BCUT2D eigenvalue weighted by molar-refractivity contribution is -0.140. The number of phenols is 1. The molecule has 5 atom stereocenters. The van der Waals surface area contributed by atoms with Crippen LogP contribution in [0.4, 0.5) is 0 Å². The van der Waals surface area contributed by atoms with Crippen LogP contribution in [-0.4, -0.2) is 89.4 Å². The van der Waals surface area contributed by atoms with Gasteiger partial charge in [-0.05, 0) is 74.6 Å². The Bertz CT molecular complexity index is 1040. The van der Waals surface area contributed by atoms with E-state index in [0.717, 1.165) is 57.3 Å². The number of amides is 4. The molecule has 4 N–H and O–H groups in total. The minimum Gasteiger partial charge on any atom is -0.508 e. The maximum atomic E-state index is 13.6. The molecule has 0 spiro atoms. The predicted octanol–water partition coefficient (Wildman–Crippen LogP) is 0.927. The molecule has 10 heteroatoms. The normalized spacial score (nSPS) is 27.2. The molecule has 10 nitrogen and oxygen atoms in total. The monoisotopic (exact) mass is 539 g/mol. The van der Waals surface area contributed by atoms with Gasteiger partial charge in [0.15, 0.2) is 0 Å². The van der Waals surface area contributed by atoms with Crippen molar-refractivity contribution in [1.82, 2.24) is 25.8 Å². The summed E-state index contributed by atoms with van der Waals surface area (Å²) >= 11 is 0. The summed E-state index contributed by atoms with van der Waals surface area (Å²) in [5, 5.41) is 18.4. The van der Waals surface area contributed by atoms with Gasteiger partial charge in [-0.3, -0.25) is 19.2 Å². The number of carbonyl (C=O) groups excluding carboxylic acids is 4. The van der Waals surface area contributed by atoms with E-state index in [1.165, 1.54) is 12.8 Å². The quantitative estimate of drug-likeness (QED) is 0.389. The molecule has 4 amide bonds. The van der Waals surface area contributed by atoms with Crippen molar-refractivity contribution in [3.8, 4) is 5.75 Å². The van der Waals surface area contributed by atoms with E-state index < -0.39 is 18.0 Å². The zero-order valence-electron chi connectivity index (χ0n) is 22.6. The number of fused-ring (bicyclic) bond motifs is 1. The number of nitrogens with one attached hydrogen (secondary N) is 3. The predicted molar refractivity (Wildman–Crippen MR) is 145 cm³/mol. The molecule has 4 aliphatic rings. The van der Waals surface area contributed by atoms with Crippen molar-refractivity contribution in [2.45, 2.75) is 75.9 Å². The van der Waals surface area contributed by atoms with Crippen LogP contribution in [0.5, 0.6) is 5.75 Å². The number of hydrogen-bond donors (Lipinski definition) is 4. The van der Waals surface area contributed by atoms with Gasteiger partial charge in [0, 0.05) is 26.1 Å². The number of hydrogen-bond acceptors (Lipinski definition) is 6. The Kier molecular flexibility index (Phi) is 8.69. The molecule has 39 heavy (non-hydrogen) atoms. The van der Waals surface area contributed by atoms with Crippen molar-refractivity contribution >= 4 is 23.6 Å². The number of likely N-dealkylation sites (tertiary alicyclic amines) is 2. The summed E-state index contributed by atoms with van der Waals surface area (Å²) in [5.74, 6) is 0.283. The van der Waals surface area contributed by atoms with Crippen LogP contribution in [0.3, 0.4) is 0 Å². The van der Waals surface area contributed by atoms with E-state index in [9.17, 15) is 24.3 Å². The highest BCUT2D eigenvalue weighted by atomic mass is 16.3. The standard InChI is InChI=1S/C29H41N5O5/c35-22-11-9-19(10-12-22)15-24(28(38)33-17-20-5-1-2-6-21(20)18-33)32-26(36)16-31-27(37)25-8-4-14-34(25)29(39)23-7-3-13-30-23/h9-12,20-21,23-25,30,35H,1-8,13-18H2,(H,31,37)(H,32,36). The highest BCUT2D eigenvalue weighted by Gasteiger charge is 2.40. The first-order valence-corrected chi connectivity index (χ1v) is 14.6. The van der Waals surface area contributed by atoms with Crippen molar-refractivity contribution in [3.05, 3.63) is 29.8 Å². The molecule has 1 saturated carbocycles. The average molecular weight is 540 g/mol. The second-order valence-corrected chi connectivity index (χ2v) is 11.6. The molecule has 0 aromatic heterocycles. The Balaban J connectivity index is 1.19. The molecule has 0 radical (unpaired) electrons. The van der Waals surface area contributed by atoms with E-state index >= 15 is 0 Å². The molecule has 0 bridgehead atoms. The second-order valence-electron chi connectivity index (χ2n) is 11.6. The molecular weight excluding hydrogens is 498 g/mol. The molecular formula is C29H41N5O5. The maximum Gasteiger partial charge on any atom is 0.245 e. The van der Waals surface area contributed by atoms with Gasteiger partial charge in [0.05, 0.1) is 12.6 Å². The van der Waals surface area contributed by atoms with Crippen LogP contribution in [-0.2, 0) is 25.6 Å². The van der Waals surface area contributed by atoms with Gasteiger partial charge < -0.3 is 30.9 Å². The summed E-state index contributed by atoms with van der Waals surface area (Å²) < 4.78 is 0. The SMILES string of the molecule is O=C(CNC(=O)C1CCCN1C(=O)C1CCCN1)NC(Cc1ccc(O)cc1)C(=O)N1CC2CCCCC2C1. The van der Waals surface area contributed by atoms with Crippen molar-refractivity contribution in [1.29, 1.82) is 0 Å². The lowest BCUT2D eigenvalue weighted by Gasteiger charge is -2.27. The third-order valence-electron chi connectivity index (χ3n) is 8.92. The van der Waals surface area contributed by atoms with E-state index in [1.807, 2.05) is 4.90 Å². The van der Waals surface area contributed by atoms with Crippen molar-refractivity contribution in [3.63, 3.8) is 0 Å². The van der Waals surface area contributed by atoms with E-state index in [2.05, 4.69) is 16.0 Å². The van der Waals surface area contributed by atoms with Gasteiger partial charge in [-0.1, -0.05) is 25.0 Å². The zero-order chi connectivity index (χ0) is 27.4. The summed E-state index contributed by atoms with van der Waals surface area (Å²) in [5.41, 5.74) is 0.827. The Hall–Kier alpha value is -3.14. The molecule has 4 fully saturated rings. The van der Waals surface area contributed by atoms with Crippen LogP contribution >= 0.6 is 0 Å².